The number of thiophene rings is 1. The first-order valence-corrected chi connectivity index (χ1v) is 9.81. The molecule has 2 aliphatic rings. The van der Waals surface area contributed by atoms with Crippen LogP contribution in [0.5, 0.6) is 5.75 Å². The van der Waals surface area contributed by atoms with Gasteiger partial charge in [-0.3, -0.25) is 4.90 Å². The Morgan fingerprint density at radius 1 is 1.32 bits per heavy atom. The number of halogens is 1. The Kier molecular flexibility index (Phi) is 6.39. The van der Waals surface area contributed by atoms with E-state index in [1.165, 1.54) is 17.5 Å². The first kappa shape index (κ1) is 18.7. The Balaban J connectivity index is 0.00000182. The zero-order valence-corrected chi connectivity index (χ0v) is 16.3. The van der Waals surface area contributed by atoms with Crippen LogP contribution in [0.25, 0.3) is 0 Å². The van der Waals surface area contributed by atoms with Crippen LogP contribution in [0.2, 0.25) is 0 Å². The minimum absolute atomic E-state index is 0. The molecule has 0 saturated carbocycles. The summed E-state index contributed by atoms with van der Waals surface area (Å²) in [5.41, 5.74) is 2.84. The molecule has 1 fully saturated rings. The van der Waals surface area contributed by atoms with E-state index in [2.05, 4.69) is 47.5 Å². The lowest BCUT2D eigenvalue weighted by Gasteiger charge is -2.33. The summed E-state index contributed by atoms with van der Waals surface area (Å²) in [5, 5.41) is 2.23. The molecule has 1 aromatic heterocycles. The van der Waals surface area contributed by atoms with Gasteiger partial charge in [0, 0.05) is 30.6 Å². The third-order valence-electron chi connectivity index (χ3n) is 5.15. The molecular formula is C20H26ClNO2S. The van der Waals surface area contributed by atoms with Gasteiger partial charge >= 0.3 is 0 Å². The predicted molar refractivity (Wildman–Crippen MR) is 105 cm³/mol. The maximum absolute atomic E-state index is 5.95. The molecule has 0 amide bonds. The van der Waals surface area contributed by atoms with Crippen molar-refractivity contribution < 1.29 is 9.47 Å². The fourth-order valence-corrected chi connectivity index (χ4v) is 4.67. The van der Waals surface area contributed by atoms with E-state index < -0.39 is 0 Å². The van der Waals surface area contributed by atoms with E-state index in [4.69, 9.17) is 9.47 Å². The van der Waals surface area contributed by atoms with Crippen LogP contribution in [0.3, 0.4) is 0 Å². The molecule has 1 aromatic carbocycles. The number of hydrogen-bond acceptors (Lipinski definition) is 4. The lowest BCUT2D eigenvalue weighted by molar-refractivity contribution is 0.0679. The molecule has 0 N–H and O–H groups in total. The van der Waals surface area contributed by atoms with Crippen molar-refractivity contribution in [2.75, 3.05) is 19.8 Å². The molecule has 0 spiro atoms. The van der Waals surface area contributed by atoms with Crippen LogP contribution in [0.15, 0.2) is 35.7 Å². The van der Waals surface area contributed by atoms with Crippen molar-refractivity contribution in [2.24, 2.45) is 0 Å². The van der Waals surface area contributed by atoms with E-state index in [0.717, 1.165) is 38.3 Å². The largest absolute Gasteiger partial charge is 0.491 e. The summed E-state index contributed by atoms with van der Waals surface area (Å²) in [6.45, 7) is 5.99. The minimum atomic E-state index is 0. The summed E-state index contributed by atoms with van der Waals surface area (Å²) in [7, 11) is 0. The maximum Gasteiger partial charge on any atom is 0.119 e. The average Bonchev–Trinajstić information content (AvgIpc) is 3.27. The van der Waals surface area contributed by atoms with Gasteiger partial charge in [0.05, 0.1) is 6.10 Å². The Morgan fingerprint density at radius 2 is 2.24 bits per heavy atom. The van der Waals surface area contributed by atoms with Crippen molar-refractivity contribution in [1.29, 1.82) is 0 Å². The van der Waals surface area contributed by atoms with Crippen LogP contribution in [-0.4, -0.2) is 30.8 Å². The van der Waals surface area contributed by atoms with Crippen LogP contribution in [-0.2, 0) is 17.7 Å². The van der Waals surface area contributed by atoms with Crippen LogP contribution in [0, 0.1) is 0 Å². The van der Waals surface area contributed by atoms with Crippen LogP contribution < -0.4 is 4.74 Å². The zero-order valence-electron chi connectivity index (χ0n) is 14.6. The van der Waals surface area contributed by atoms with Crippen molar-refractivity contribution in [3.8, 4) is 5.75 Å². The second-order valence-electron chi connectivity index (χ2n) is 6.79. The van der Waals surface area contributed by atoms with E-state index in [1.54, 1.807) is 4.88 Å². The highest BCUT2D eigenvalue weighted by atomic mass is 35.5. The molecule has 136 valence electrons. The summed E-state index contributed by atoms with van der Waals surface area (Å²) in [5.74, 6) is 0.962. The van der Waals surface area contributed by atoms with E-state index in [9.17, 15) is 0 Å². The molecule has 2 atom stereocenters. The lowest BCUT2D eigenvalue weighted by atomic mass is 10.0. The van der Waals surface area contributed by atoms with E-state index in [-0.39, 0.29) is 18.5 Å². The van der Waals surface area contributed by atoms with Gasteiger partial charge in [-0.1, -0.05) is 12.1 Å². The van der Waals surface area contributed by atoms with Crippen LogP contribution >= 0.6 is 23.7 Å². The first-order chi connectivity index (χ1) is 11.8. The highest BCUT2D eigenvalue weighted by molar-refractivity contribution is 7.10. The number of rotatable bonds is 5. The Hall–Kier alpha value is -1.07. The van der Waals surface area contributed by atoms with Crippen LogP contribution in [0.4, 0.5) is 0 Å². The standard InChI is InChI=1S/C20H25NO2S.ClH/c1-15-19-8-11-24-20(19)7-9-21(15)13-16-4-2-5-17(12-16)23-14-18-6-3-10-22-18;/h2,4-5,8,11-12,15,18H,3,6-7,9-10,13-14H2,1H3;1H. The molecule has 5 heteroatoms. The summed E-state index contributed by atoms with van der Waals surface area (Å²) >= 11 is 1.90. The second-order valence-corrected chi connectivity index (χ2v) is 7.79. The van der Waals surface area contributed by atoms with Crippen molar-refractivity contribution >= 4 is 23.7 Å². The van der Waals surface area contributed by atoms with E-state index in [1.807, 2.05) is 11.3 Å². The fraction of sp³-hybridized carbons (Fsp3) is 0.500. The summed E-state index contributed by atoms with van der Waals surface area (Å²) in [6.07, 6.45) is 3.72. The highest BCUT2D eigenvalue weighted by Gasteiger charge is 2.24. The Labute approximate surface area is 160 Å². The lowest BCUT2D eigenvalue weighted by Crippen LogP contribution is -2.32. The Morgan fingerprint density at radius 3 is 3.08 bits per heavy atom. The SMILES string of the molecule is CC1c2ccsc2CCN1Cc1cccc(OCC2CCCO2)c1.Cl. The third-order valence-corrected chi connectivity index (χ3v) is 6.14. The molecular weight excluding hydrogens is 354 g/mol. The molecule has 3 heterocycles. The molecule has 25 heavy (non-hydrogen) atoms. The van der Waals surface area contributed by atoms with Crippen molar-refractivity contribution in [1.82, 2.24) is 4.90 Å². The van der Waals surface area contributed by atoms with Gasteiger partial charge < -0.3 is 9.47 Å². The topological polar surface area (TPSA) is 21.7 Å². The number of benzene rings is 1. The van der Waals surface area contributed by atoms with E-state index in [0.29, 0.717) is 12.6 Å². The molecule has 0 bridgehead atoms. The maximum atomic E-state index is 5.95. The second kappa shape index (κ2) is 8.54. The van der Waals surface area contributed by atoms with Gasteiger partial charge in [-0.05, 0) is 60.9 Å². The van der Waals surface area contributed by atoms with Gasteiger partial charge in [-0.2, -0.15) is 0 Å². The van der Waals surface area contributed by atoms with Gasteiger partial charge in [0.1, 0.15) is 12.4 Å². The molecule has 2 aromatic rings. The number of nitrogens with zero attached hydrogens (tertiary/aromatic N) is 1. The molecule has 4 rings (SSSR count). The normalized spacial score (nSPS) is 23.1. The van der Waals surface area contributed by atoms with Gasteiger partial charge in [-0.15, -0.1) is 23.7 Å². The summed E-state index contributed by atoms with van der Waals surface area (Å²) in [6, 6.07) is 11.3. The molecule has 0 radical (unpaired) electrons. The van der Waals surface area contributed by atoms with Crippen molar-refractivity contribution in [3.63, 3.8) is 0 Å². The quantitative estimate of drug-likeness (QED) is 0.741. The number of fused-ring (bicyclic) bond motifs is 1. The summed E-state index contributed by atoms with van der Waals surface area (Å²) in [4.78, 5) is 4.13. The molecule has 2 aliphatic heterocycles. The van der Waals surface area contributed by atoms with Gasteiger partial charge in [-0.25, -0.2) is 0 Å². The third kappa shape index (κ3) is 4.37. The van der Waals surface area contributed by atoms with Gasteiger partial charge in [0.2, 0.25) is 0 Å². The number of ether oxygens (including phenoxy) is 2. The molecule has 0 aliphatic carbocycles. The molecule has 3 nitrogen and oxygen atoms in total. The number of hydrogen-bond donors (Lipinski definition) is 0. The molecule has 1 saturated heterocycles. The zero-order chi connectivity index (χ0) is 16.4. The van der Waals surface area contributed by atoms with Crippen molar-refractivity contribution in [2.45, 2.75) is 44.9 Å². The molecule has 2 unspecified atom stereocenters. The van der Waals surface area contributed by atoms with Gasteiger partial charge in [0.25, 0.3) is 0 Å². The van der Waals surface area contributed by atoms with Crippen molar-refractivity contribution in [3.05, 3.63) is 51.7 Å². The van der Waals surface area contributed by atoms with Crippen LogP contribution in [0.1, 0.15) is 41.8 Å². The predicted octanol–water partition coefficient (Wildman–Crippen LogP) is 4.85. The monoisotopic (exact) mass is 379 g/mol. The fourth-order valence-electron chi connectivity index (χ4n) is 3.71. The van der Waals surface area contributed by atoms with E-state index >= 15 is 0 Å². The summed E-state index contributed by atoms with van der Waals surface area (Å²) < 4.78 is 11.6. The highest BCUT2D eigenvalue weighted by Crippen LogP contribution is 2.33. The smallest absolute Gasteiger partial charge is 0.119 e. The Bertz CT molecular complexity index is 684. The first-order valence-electron chi connectivity index (χ1n) is 8.93. The average molecular weight is 380 g/mol. The minimum Gasteiger partial charge on any atom is -0.491 e. The van der Waals surface area contributed by atoms with Gasteiger partial charge in [0.15, 0.2) is 0 Å².